The number of aryl methyl sites for hydroxylation is 2. The molecule has 1 aromatic carbocycles. The van der Waals surface area contributed by atoms with Gasteiger partial charge in [0.25, 0.3) is 5.91 Å². The van der Waals surface area contributed by atoms with E-state index in [2.05, 4.69) is 29.8 Å². The molecule has 0 bridgehead atoms. The highest BCUT2D eigenvalue weighted by Gasteiger charge is 2.22. The normalized spacial score (nSPS) is 13.7. The number of carbonyl (C=O) groups excluding carboxylic acids is 1. The van der Waals surface area contributed by atoms with Crippen LogP contribution in [0.15, 0.2) is 36.5 Å². The van der Waals surface area contributed by atoms with Crippen LogP contribution in [0.25, 0.3) is 0 Å². The average molecular weight is 353 g/mol. The van der Waals surface area contributed by atoms with Gasteiger partial charge in [0.2, 0.25) is 0 Å². The summed E-state index contributed by atoms with van der Waals surface area (Å²) in [5.41, 5.74) is 3.02. The van der Waals surface area contributed by atoms with Crippen molar-refractivity contribution in [3.63, 3.8) is 0 Å². The Balaban J connectivity index is 1.61. The number of nitrogens with zero attached hydrogens (tertiary/aromatic N) is 3. The van der Waals surface area contributed by atoms with Gasteiger partial charge < -0.3 is 14.5 Å². The number of aromatic nitrogens is 1. The van der Waals surface area contributed by atoms with Gasteiger partial charge in [0.15, 0.2) is 0 Å². The minimum Gasteiger partial charge on any atom is -0.492 e. The molecule has 0 N–H and O–H groups in total. The lowest BCUT2D eigenvalue weighted by molar-refractivity contribution is 0.0774. The molecular weight excluding hydrogens is 326 g/mol. The standard InChI is InChI=1S/C21H27N3O2/c1-16-13-17(2)15-18(14-16)26-12-11-23(3)21(25)19-7-6-8-22-20(19)24-9-4-5-10-24/h6-8,13-15H,4-5,9-12H2,1-3H3. The first kappa shape index (κ1) is 18.2. The van der Waals surface area contributed by atoms with Crippen LogP contribution in [0.3, 0.4) is 0 Å². The third-order valence-electron chi connectivity index (χ3n) is 4.66. The zero-order valence-electron chi connectivity index (χ0n) is 15.9. The number of likely N-dealkylation sites (N-methyl/N-ethyl adjacent to an activating group) is 1. The fourth-order valence-electron chi connectivity index (χ4n) is 3.37. The van der Waals surface area contributed by atoms with Crippen molar-refractivity contribution in [2.45, 2.75) is 26.7 Å². The first-order valence-electron chi connectivity index (χ1n) is 9.21. The zero-order chi connectivity index (χ0) is 18.5. The largest absolute Gasteiger partial charge is 0.492 e. The van der Waals surface area contributed by atoms with E-state index in [-0.39, 0.29) is 5.91 Å². The molecule has 0 unspecified atom stereocenters. The summed E-state index contributed by atoms with van der Waals surface area (Å²) in [6, 6.07) is 9.84. The minimum absolute atomic E-state index is 0.0102. The highest BCUT2D eigenvalue weighted by molar-refractivity contribution is 5.98. The van der Waals surface area contributed by atoms with Gasteiger partial charge in [-0.15, -0.1) is 0 Å². The summed E-state index contributed by atoms with van der Waals surface area (Å²) in [7, 11) is 1.81. The molecule has 2 heterocycles. The van der Waals surface area contributed by atoms with Gasteiger partial charge in [-0.25, -0.2) is 4.98 Å². The quantitative estimate of drug-likeness (QED) is 0.798. The number of pyridine rings is 1. The van der Waals surface area contributed by atoms with Gasteiger partial charge in [0, 0.05) is 26.3 Å². The van der Waals surface area contributed by atoms with Crippen molar-refractivity contribution in [2.75, 3.05) is 38.2 Å². The van der Waals surface area contributed by atoms with Gasteiger partial charge in [0.05, 0.1) is 12.1 Å². The Hall–Kier alpha value is -2.56. The fourth-order valence-corrected chi connectivity index (χ4v) is 3.37. The summed E-state index contributed by atoms with van der Waals surface area (Å²) >= 11 is 0. The summed E-state index contributed by atoms with van der Waals surface area (Å²) in [5.74, 6) is 1.64. The topological polar surface area (TPSA) is 45.7 Å². The second-order valence-corrected chi connectivity index (χ2v) is 6.97. The third-order valence-corrected chi connectivity index (χ3v) is 4.66. The molecule has 0 radical (unpaired) electrons. The number of carbonyl (C=O) groups is 1. The van der Waals surface area contributed by atoms with Crippen LogP contribution in [0.1, 0.15) is 34.3 Å². The Bertz CT molecular complexity index is 749. The van der Waals surface area contributed by atoms with E-state index in [4.69, 9.17) is 4.74 Å². The van der Waals surface area contributed by atoms with Crippen molar-refractivity contribution in [1.29, 1.82) is 0 Å². The maximum absolute atomic E-state index is 12.9. The molecule has 2 aromatic rings. The summed E-state index contributed by atoms with van der Waals surface area (Å²) in [6.07, 6.45) is 4.07. The lowest BCUT2D eigenvalue weighted by atomic mass is 10.1. The number of benzene rings is 1. The van der Waals surface area contributed by atoms with Crippen molar-refractivity contribution in [3.05, 3.63) is 53.2 Å². The van der Waals surface area contributed by atoms with Crippen LogP contribution >= 0.6 is 0 Å². The molecule has 1 saturated heterocycles. The molecule has 0 aliphatic carbocycles. The Morgan fingerprint density at radius 3 is 2.58 bits per heavy atom. The number of hydrogen-bond acceptors (Lipinski definition) is 4. The van der Waals surface area contributed by atoms with Crippen LogP contribution in [0, 0.1) is 13.8 Å². The van der Waals surface area contributed by atoms with E-state index in [0.29, 0.717) is 18.7 Å². The molecular formula is C21H27N3O2. The highest BCUT2D eigenvalue weighted by atomic mass is 16.5. The first-order chi connectivity index (χ1) is 12.5. The van der Waals surface area contributed by atoms with Crippen LogP contribution in [0.5, 0.6) is 5.75 Å². The van der Waals surface area contributed by atoms with Crippen molar-refractivity contribution in [3.8, 4) is 5.75 Å². The second-order valence-electron chi connectivity index (χ2n) is 6.97. The molecule has 1 aliphatic rings. The van der Waals surface area contributed by atoms with Gasteiger partial charge in [-0.05, 0) is 62.1 Å². The number of anilines is 1. The molecule has 138 valence electrons. The smallest absolute Gasteiger partial charge is 0.257 e. The molecule has 0 spiro atoms. The monoisotopic (exact) mass is 353 g/mol. The van der Waals surface area contributed by atoms with Crippen molar-refractivity contribution in [1.82, 2.24) is 9.88 Å². The summed E-state index contributed by atoms with van der Waals surface area (Å²) < 4.78 is 5.83. The molecule has 5 heteroatoms. The van der Waals surface area contributed by atoms with E-state index in [1.165, 1.54) is 11.1 Å². The van der Waals surface area contributed by atoms with Gasteiger partial charge in [-0.1, -0.05) is 6.07 Å². The maximum atomic E-state index is 12.9. The van der Waals surface area contributed by atoms with Crippen molar-refractivity contribution in [2.24, 2.45) is 0 Å². The molecule has 5 nitrogen and oxygen atoms in total. The second kappa shape index (κ2) is 8.21. The van der Waals surface area contributed by atoms with E-state index < -0.39 is 0 Å². The number of rotatable bonds is 6. The fraction of sp³-hybridized carbons (Fsp3) is 0.429. The summed E-state index contributed by atoms with van der Waals surface area (Å²) in [5, 5.41) is 0. The Kier molecular flexibility index (Phi) is 5.76. The molecule has 3 rings (SSSR count). The zero-order valence-corrected chi connectivity index (χ0v) is 15.9. The predicted octanol–water partition coefficient (Wildman–Crippen LogP) is 3.45. The maximum Gasteiger partial charge on any atom is 0.257 e. The van der Waals surface area contributed by atoms with Crippen LogP contribution in [-0.4, -0.2) is 49.1 Å². The SMILES string of the molecule is Cc1cc(C)cc(OCCN(C)C(=O)c2cccnc2N2CCCC2)c1. The van der Waals surface area contributed by atoms with Gasteiger partial charge in [-0.2, -0.15) is 0 Å². The Morgan fingerprint density at radius 1 is 1.19 bits per heavy atom. The van der Waals surface area contributed by atoms with Crippen LogP contribution in [-0.2, 0) is 0 Å². The van der Waals surface area contributed by atoms with Crippen molar-refractivity contribution >= 4 is 11.7 Å². The van der Waals surface area contributed by atoms with Gasteiger partial charge in [0.1, 0.15) is 18.2 Å². The molecule has 1 aromatic heterocycles. The lowest BCUT2D eigenvalue weighted by Crippen LogP contribution is -2.33. The highest BCUT2D eigenvalue weighted by Crippen LogP contribution is 2.23. The summed E-state index contributed by atoms with van der Waals surface area (Å²) in [4.78, 5) is 21.2. The molecule has 1 aliphatic heterocycles. The van der Waals surface area contributed by atoms with E-state index in [1.54, 1.807) is 11.1 Å². The van der Waals surface area contributed by atoms with E-state index in [1.807, 2.05) is 31.3 Å². The van der Waals surface area contributed by atoms with Crippen LogP contribution < -0.4 is 9.64 Å². The minimum atomic E-state index is -0.0102. The third kappa shape index (κ3) is 4.34. The van der Waals surface area contributed by atoms with Crippen molar-refractivity contribution < 1.29 is 9.53 Å². The molecule has 0 atom stereocenters. The molecule has 26 heavy (non-hydrogen) atoms. The van der Waals surface area contributed by atoms with Crippen LogP contribution in [0.2, 0.25) is 0 Å². The molecule has 0 saturated carbocycles. The number of ether oxygens (including phenoxy) is 1. The Morgan fingerprint density at radius 2 is 1.88 bits per heavy atom. The van der Waals surface area contributed by atoms with E-state index >= 15 is 0 Å². The van der Waals surface area contributed by atoms with Gasteiger partial charge >= 0.3 is 0 Å². The van der Waals surface area contributed by atoms with E-state index in [9.17, 15) is 4.79 Å². The van der Waals surface area contributed by atoms with E-state index in [0.717, 1.165) is 37.5 Å². The number of hydrogen-bond donors (Lipinski definition) is 0. The van der Waals surface area contributed by atoms with Crippen LogP contribution in [0.4, 0.5) is 5.82 Å². The predicted molar refractivity (Wildman–Crippen MR) is 104 cm³/mol. The molecule has 1 amide bonds. The lowest BCUT2D eigenvalue weighted by Gasteiger charge is -2.23. The average Bonchev–Trinajstić information content (AvgIpc) is 3.14. The number of amides is 1. The molecule has 1 fully saturated rings. The first-order valence-corrected chi connectivity index (χ1v) is 9.21. The summed E-state index contributed by atoms with van der Waals surface area (Å²) in [6.45, 7) is 7.04. The Labute approximate surface area is 155 Å². The van der Waals surface area contributed by atoms with Gasteiger partial charge in [-0.3, -0.25) is 4.79 Å².